The molecule has 0 saturated heterocycles. The number of ketones is 1. The molecule has 0 N–H and O–H groups in total. The highest BCUT2D eigenvalue weighted by Crippen LogP contribution is 2.20. The van der Waals surface area contributed by atoms with E-state index in [4.69, 9.17) is 4.74 Å². The first-order valence-corrected chi connectivity index (χ1v) is 10.3. The number of benzene rings is 2. The number of hydrogen-bond donors (Lipinski definition) is 0. The quantitative estimate of drug-likeness (QED) is 0.479. The zero-order valence-electron chi connectivity index (χ0n) is 16.2. The number of nitrogens with zero attached hydrogens (tertiary/aromatic N) is 1. The molecule has 0 bridgehead atoms. The van der Waals surface area contributed by atoms with E-state index in [-0.39, 0.29) is 29.1 Å². The van der Waals surface area contributed by atoms with E-state index in [0.29, 0.717) is 11.6 Å². The molecule has 156 valence electrons. The van der Waals surface area contributed by atoms with E-state index in [1.807, 2.05) is 0 Å². The number of sulfonamides is 1. The molecule has 0 radical (unpaired) electrons. The van der Waals surface area contributed by atoms with Crippen molar-refractivity contribution in [1.82, 2.24) is 4.31 Å². The van der Waals surface area contributed by atoms with Crippen molar-refractivity contribution < 1.29 is 31.5 Å². The van der Waals surface area contributed by atoms with Crippen LogP contribution in [0.2, 0.25) is 0 Å². The van der Waals surface area contributed by atoms with Crippen LogP contribution in [0, 0.1) is 18.6 Å². The van der Waals surface area contributed by atoms with Gasteiger partial charge in [0, 0.05) is 18.7 Å². The second kappa shape index (κ2) is 9.23. The number of halogens is 2. The van der Waals surface area contributed by atoms with Gasteiger partial charge in [0.1, 0.15) is 0 Å². The van der Waals surface area contributed by atoms with Gasteiger partial charge in [-0.25, -0.2) is 22.0 Å². The van der Waals surface area contributed by atoms with Crippen molar-refractivity contribution in [3.63, 3.8) is 0 Å². The van der Waals surface area contributed by atoms with Crippen molar-refractivity contribution in [3.8, 4) is 0 Å². The largest absolute Gasteiger partial charge is 0.454 e. The van der Waals surface area contributed by atoms with Gasteiger partial charge in [-0.1, -0.05) is 19.9 Å². The summed E-state index contributed by atoms with van der Waals surface area (Å²) in [7, 11) is -3.78. The number of hydrogen-bond acceptors (Lipinski definition) is 5. The highest BCUT2D eigenvalue weighted by Gasteiger charge is 2.24. The fourth-order valence-electron chi connectivity index (χ4n) is 2.66. The number of Topliss-reactive ketones (excluding diaryl/α,β-unsaturated/α-hetero) is 1. The van der Waals surface area contributed by atoms with E-state index in [1.54, 1.807) is 20.8 Å². The maximum absolute atomic E-state index is 13.2. The third kappa shape index (κ3) is 5.04. The molecule has 29 heavy (non-hydrogen) atoms. The molecule has 0 unspecified atom stereocenters. The Morgan fingerprint density at radius 2 is 1.66 bits per heavy atom. The summed E-state index contributed by atoms with van der Waals surface area (Å²) < 4.78 is 57.7. The van der Waals surface area contributed by atoms with Crippen LogP contribution in [-0.4, -0.2) is 44.2 Å². The summed E-state index contributed by atoms with van der Waals surface area (Å²) >= 11 is 0. The molecule has 0 spiro atoms. The first-order chi connectivity index (χ1) is 13.6. The van der Waals surface area contributed by atoms with E-state index in [1.165, 1.54) is 22.5 Å². The lowest BCUT2D eigenvalue weighted by Crippen LogP contribution is -2.30. The predicted molar refractivity (Wildman–Crippen MR) is 102 cm³/mol. The fourth-order valence-corrected chi connectivity index (χ4v) is 4.14. The summed E-state index contributed by atoms with van der Waals surface area (Å²) in [6, 6.07) is 6.67. The monoisotopic (exact) mass is 425 g/mol. The Balaban J connectivity index is 2.20. The van der Waals surface area contributed by atoms with Gasteiger partial charge in [-0.05, 0) is 42.8 Å². The Morgan fingerprint density at radius 1 is 1.00 bits per heavy atom. The van der Waals surface area contributed by atoms with Crippen molar-refractivity contribution >= 4 is 21.8 Å². The molecule has 0 aromatic heterocycles. The Kier molecular flexibility index (Phi) is 7.21. The maximum atomic E-state index is 13.2. The molecule has 2 aromatic carbocycles. The molecule has 0 heterocycles. The van der Waals surface area contributed by atoms with Gasteiger partial charge >= 0.3 is 5.97 Å². The standard InChI is InChI=1S/C20H21F2NO5S/c1-4-23(5-2)29(26,27)15-8-6-13(3)16(11-15)20(25)28-12-19(24)14-7-9-17(21)18(22)10-14/h6-11H,4-5,12H2,1-3H3. The smallest absolute Gasteiger partial charge is 0.338 e. The molecule has 0 aliphatic heterocycles. The first-order valence-electron chi connectivity index (χ1n) is 8.88. The molecule has 6 nitrogen and oxygen atoms in total. The average molecular weight is 425 g/mol. The third-order valence-electron chi connectivity index (χ3n) is 4.35. The topological polar surface area (TPSA) is 80.8 Å². The Morgan fingerprint density at radius 3 is 2.24 bits per heavy atom. The van der Waals surface area contributed by atoms with Crippen molar-refractivity contribution in [2.45, 2.75) is 25.7 Å². The van der Waals surface area contributed by atoms with Crippen molar-refractivity contribution in [2.75, 3.05) is 19.7 Å². The average Bonchev–Trinajstić information content (AvgIpc) is 2.68. The molecule has 2 rings (SSSR count). The van der Waals surface area contributed by atoms with Gasteiger partial charge in [-0.15, -0.1) is 0 Å². The normalized spacial score (nSPS) is 11.5. The van der Waals surface area contributed by atoms with Crippen LogP contribution in [0.1, 0.15) is 40.1 Å². The highest BCUT2D eigenvalue weighted by molar-refractivity contribution is 7.89. The van der Waals surface area contributed by atoms with Gasteiger partial charge in [0.2, 0.25) is 10.0 Å². The summed E-state index contributed by atoms with van der Waals surface area (Å²) in [5.74, 6) is -3.90. The van der Waals surface area contributed by atoms with Crippen LogP contribution in [0.5, 0.6) is 0 Å². The van der Waals surface area contributed by atoms with Gasteiger partial charge < -0.3 is 4.74 Å². The molecule has 9 heteroatoms. The van der Waals surface area contributed by atoms with Crippen LogP contribution in [0.3, 0.4) is 0 Å². The second-order valence-corrected chi connectivity index (χ2v) is 8.13. The SMILES string of the molecule is CCN(CC)S(=O)(=O)c1ccc(C)c(C(=O)OCC(=O)c2ccc(F)c(F)c2)c1. The van der Waals surface area contributed by atoms with Crippen molar-refractivity contribution in [3.05, 3.63) is 64.7 Å². The van der Waals surface area contributed by atoms with Crippen molar-refractivity contribution in [1.29, 1.82) is 0 Å². The van der Waals surface area contributed by atoms with Crippen LogP contribution in [0.4, 0.5) is 8.78 Å². The molecule has 0 aliphatic carbocycles. The molecule has 2 aromatic rings. The van der Waals surface area contributed by atoms with E-state index >= 15 is 0 Å². The number of carbonyl (C=O) groups is 2. The summed E-state index contributed by atoms with van der Waals surface area (Å²) in [5, 5.41) is 0. The van der Waals surface area contributed by atoms with E-state index in [0.717, 1.165) is 12.1 Å². The lowest BCUT2D eigenvalue weighted by atomic mass is 10.1. The number of rotatable bonds is 8. The van der Waals surface area contributed by atoms with Gasteiger partial charge in [-0.3, -0.25) is 4.79 Å². The molecule has 0 amide bonds. The van der Waals surface area contributed by atoms with Crippen LogP contribution < -0.4 is 0 Å². The summed E-state index contributed by atoms with van der Waals surface area (Å²) in [5.41, 5.74) is 0.316. The second-order valence-electron chi connectivity index (χ2n) is 6.19. The molecular weight excluding hydrogens is 404 g/mol. The van der Waals surface area contributed by atoms with Gasteiger partial charge in [-0.2, -0.15) is 4.31 Å². The van der Waals surface area contributed by atoms with Crippen LogP contribution >= 0.6 is 0 Å². The third-order valence-corrected chi connectivity index (χ3v) is 6.39. The number of ether oxygens (including phenoxy) is 1. The highest BCUT2D eigenvalue weighted by atomic mass is 32.2. The van der Waals surface area contributed by atoms with Gasteiger partial charge in [0.05, 0.1) is 10.5 Å². The molecule has 0 saturated carbocycles. The lowest BCUT2D eigenvalue weighted by molar-refractivity contribution is 0.0473. The summed E-state index contributed by atoms with van der Waals surface area (Å²) in [6.07, 6.45) is 0. The predicted octanol–water partition coefficient (Wildman–Crippen LogP) is 3.34. The zero-order valence-corrected chi connectivity index (χ0v) is 17.1. The van der Waals surface area contributed by atoms with Gasteiger partial charge in [0.25, 0.3) is 0 Å². The fraction of sp³-hybridized carbons (Fsp3) is 0.300. The minimum absolute atomic E-state index is 0.00341. The zero-order chi connectivity index (χ0) is 21.8. The summed E-state index contributed by atoms with van der Waals surface area (Å²) in [4.78, 5) is 24.4. The van der Waals surface area contributed by atoms with E-state index in [2.05, 4.69) is 0 Å². The number of aryl methyl sites for hydroxylation is 1. The Bertz CT molecular complexity index is 1030. The summed E-state index contributed by atoms with van der Waals surface area (Å²) in [6.45, 7) is 4.85. The minimum atomic E-state index is -3.78. The molecular formula is C20H21F2NO5S. The Labute approximate surface area is 168 Å². The Hall–Kier alpha value is -2.65. The van der Waals surface area contributed by atoms with Crippen LogP contribution in [-0.2, 0) is 14.8 Å². The maximum Gasteiger partial charge on any atom is 0.338 e. The van der Waals surface area contributed by atoms with Crippen LogP contribution in [0.15, 0.2) is 41.3 Å². The van der Waals surface area contributed by atoms with Crippen LogP contribution in [0.25, 0.3) is 0 Å². The molecule has 0 atom stereocenters. The number of esters is 1. The lowest BCUT2D eigenvalue weighted by Gasteiger charge is -2.19. The van der Waals surface area contributed by atoms with Crippen molar-refractivity contribution in [2.24, 2.45) is 0 Å². The number of carbonyl (C=O) groups excluding carboxylic acids is 2. The molecule has 0 aliphatic rings. The van der Waals surface area contributed by atoms with Gasteiger partial charge in [0.15, 0.2) is 24.0 Å². The minimum Gasteiger partial charge on any atom is -0.454 e. The van der Waals surface area contributed by atoms with E-state index < -0.39 is 40.0 Å². The first kappa shape index (κ1) is 22.6. The van der Waals surface area contributed by atoms with E-state index in [9.17, 15) is 26.8 Å². The molecule has 0 fully saturated rings.